The number of benzene rings is 1. The van der Waals surface area contributed by atoms with E-state index in [1.807, 2.05) is 0 Å². The van der Waals surface area contributed by atoms with Crippen LogP contribution in [0.2, 0.25) is 5.02 Å². The summed E-state index contributed by atoms with van der Waals surface area (Å²) in [5, 5.41) is -0.170. The zero-order valence-corrected chi connectivity index (χ0v) is 9.95. The van der Waals surface area contributed by atoms with Gasteiger partial charge in [0.1, 0.15) is 0 Å². The fourth-order valence-corrected chi connectivity index (χ4v) is 2.00. The molecule has 0 aliphatic rings. The van der Waals surface area contributed by atoms with Crippen LogP contribution in [-0.2, 0) is 12.6 Å². The highest BCUT2D eigenvalue weighted by Crippen LogP contribution is 2.36. The minimum atomic E-state index is -4.36. The molecule has 0 saturated heterocycles. The predicted molar refractivity (Wildman–Crippen MR) is 59.0 cm³/mol. The number of hydrogen-bond acceptors (Lipinski definition) is 0. The van der Waals surface area contributed by atoms with Crippen LogP contribution in [0, 0.1) is 0 Å². The third-order valence-electron chi connectivity index (χ3n) is 1.75. The summed E-state index contributed by atoms with van der Waals surface area (Å²) >= 11 is 7.75. The third-order valence-corrected chi connectivity index (χ3v) is 2.73. The van der Waals surface area contributed by atoms with Crippen LogP contribution in [0.1, 0.15) is 11.1 Å². The first kappa shape index (κ1) is 12.1. The maximum atomic E-state index is 12.4. The van der Waals surface area contributed by atoms with Crippen LogP contribution in [0.15, 0.2) is 18.2 Å². The van der Waals surface area contributed by atoms with Crippen molar-refractivity contribution in [1.29, 1.82) is 0 Å². The number of alkyl halides is 4. The van der Waals surface area contributed by atoms with Crippen molar-refractivity contribution >= 4 is 34.2 Å². The SMILES string of the molecule is FC(F)(F)c1cccc(CCI)c1Cl. The van der Waals surface area contributed by atoms with Crippen molar-refractivity contribution in [3.8, 4) is 0 Å². The van der Waals surface area contributed by atoms with Gasteiger partial charge in [0.25, 0.3) is 0 Å². The Morgan fingerprint density at radius 3 is 2.43 bits per heavy atom. The first-order chi connectivity index (χ1) is 6.46. The van der Waals surface area contributed by atoms with Gasteiger partial charge < -0.3 is 0 Å². The van der Waals surface area contributed by atoms with Gasteiger partial charge in [-0.3, -0.25) is 0 Å². The Bertz CT molecular complexity index is 322. The molecule has 0 fully saturated rings. The molecular formula is C9H7ClF3I. The fraction of sp³-hybridized carbons (Fsp3) is 0.333. The molecular weight excluding hydrogens is 327 g/mol. The maximum absolute atomic E-state index is 12.4. The Hall–Kier alpha value is 0.0300. The van der Waals surface area contributed by atoms with Gasteiger partial charge in [-0.25, -0.2) is 0 Å². The van der Waals surface area contributed by atoms with Gasteiger partial charge in [-0.2, -0.15) is 13.2 Å². The molecule has 0 heterocycles. The molecule has 78 valence electrons. The van der Waals surface area contributed by atoms with Gasteiger partial charge in [-0.05, 0) is 18.1 Å². The van der Waals surface area contributed by atoms with Gasteiger partial charge in [0.2, 0.25) is 0 Å². The fourth-order valence-electron chi connectivity index (χ4n) is 1.09. The van der Waals surface area contributed by atoms with E-state index in [2.05, 4.69) is 22.6 Å². The summed E-state index contributed by atoms with van der Waals surface area (Å²) in [6.45, 7) is 0. The lowest BCUT2D eigenvalue weighted by molar-refractivity contribution is -0.137. The molecule has 0 aliphatic carbocycles. The lowest BCUT2D eigenvalue weighted by Crippen LogP contribution is -2.07. The summed E-state index contributed by atoms with van der Waals surface area (Å²) in [4.78, 5) is 0. The molecule has 0 radical (unpaired) electrons. The second-order valence-electron chi connectivity index (χ2n) is 2.72. The third kappa shape index (κ3) is 2.76. The smallest absolute Gasteiger partial charge is 0.166 e. The standard InChI is InChI=1S/C9H7ClF3I/c10-8-6(4-5-14)2-1-3-7(8)9(11,12)13/h1-3H,4-5H2. The second-order valence-corrected chi connectivity index (χ2v) is 4.17. The van der Waals surface area contributed by atoms with Crippen LogP contribution in [0.4, 0.5) is 13.2 Å². The zero-order chi connectivity index (χ0) is 10.8. The molecule has 0 atom stereocenters. The number of halogens is 5. The highest BCUT2D eigenvalue weighted by molar-refractivity contribution is 14.1. The first-order valence-corrected chi connectivity index (χ1v) is 5.77. The largest absolute Gasteiger partial charge is 0.417 e. The summed E-state index contributed by atoms with van der Waals surface area (Å²) in [5.74, 6) is 0. The lowest BCUT2D eigenvalue weighted by Gasteiger charge is -2.11. The molecule has 0 saturated carbocycles. The Kier molecular flexibility index (Phi) is 4.06. The molecule has 5 heteroatoms. The van der Waals surface area contributed by atoms with E-state index in [0.717, 1.165) is 10.5 Å². The van der Waals surface area contributed by atoms with Crippen molar-refractivity contribution in [3.05, 3.63) is 34.3 Å². The van der Waals surface area contributed by atoms with E-state index in [-0.39, 0.29) is 5.02 Å². The van der Waals surface area contributed by atoms with Crippen molar-refractivity contribution in [1.82, 2.24) is 0 Å². The van der Waals surface area contributed by atoms with Crippen LogP contribution < -0.4 is 0 Å². The number of hydrogen-bond donors (Lipinski definition) is 0. The molecule has 0 unspecified atom stereocenters. The second kappa shape index (κ2) is 4.70. The lowest BCUT2D eigenvalue weighted by atomic mass is 10.1. The van der Waals surface area contributed by atoms with Gasteiger partial charge in [0.05, 0.1) is 10.6 Å². The van der Waals surface area contributed by atoms with Crippen LogP contribution >= 0.6 is 34.2 Å². The minimum Gasteiger partial charge on any atom is -0.166 e. The summed E-state index contributed by atoms with van der Waals surface area (Å²) in [7, 11) is 0. The molecule has 0 aromatic heterocycles. The van der Waals surface area contributed by atoms with E-state index in [0.29, 0.717) is 12.0 Å². The van der Waals surface area contributed by atoms with Gasteiger partial charge in [0, 0.05) is 4.43 Å². The Morgan fingerprint density at radius 1 is 1.29 bits per heavy atom. The van der Waals surface area contributed by atoms with Gasteiger partial charge in [0.15, 0.2) is 0 Å². The molecule has 1 aromatic rings. The summed E-state index contributed by atoms with van der Waals surface area (Å²) < 4.78 is 37.9. The maximum Gasteiger partial charge on any atom is 0.417 e. The average Bonchev–Trinajstić information content (AvgIpc) is 2.07. The molecule has 1 aromatic carbocycles. The van der Waals surface area contributed by atoms with Crippen LogP contribution in [0.3, 0.4) is 0 Å². The molecule has 0 aliphatic heterocycles. The molecule has 1 rings (SSSR count). The van der Waals surface area contributed by atoms with Crippen molar-refractivity contribution in [2.45, 2.75) is 12.6 Å². The summed E-state index contributed by atoms with van der Waals surface area (Å²) in [5.41, 5.74) is -0.197. The summed E-state index contributed by atoms with van der Waals surface area (Å²) in [6, 6.07) is 4.01. The zero-order valence-electron chi connectivity index (χ0n) is 7.04. The summed E-state index contributed by atoms with van der Waals surface area (Å²) in [6.07, 6.45) is -3.80. The predicted octanol–water partition coefficient (Wildman–Crippen LogP) is 4.34. The topological polar surface area (TPSA) is 0 Å². The van der Waals surface area contributed by atoms with E-state index in [9.17, 15) is 13.2 Å². The normalized spacial score (nSPS) is 11.8. The Labute approximate surface area is 98.6 Å². The van der Waals surface area contributed by atoms with Crippen molar-refractivity contribution in [2.75, 3.05) is 4.43 Å². The van der Waals surface area contributed by atoms with Crippen molar-refractivity contribution in [3.63, 3.8) is 0 Å². The van der Waals surface area contributed by atoms with Gasteiger partial charge >= 0.3 is 6.18 Å². The van der Waals surface area contributed by atoms with E-state index in [1.165, 1.54) is 6.07 Å². The molecule has 14 heavy (non-hydrogen) atoms. The Balaban J connectivity index is 3.14. The molecule has 0 amide bonds. The monoisotopic (exact) mass is 334 g/mol. The number of rotatable bonds is 2. The molecule has 0 bridgehead atoms. The molecule has 0 nitrogen and oxygen atoms in total. The van der Waals surface area contributed by atoms with E-state index >= 15 is 0 Å². The molecule has 0 spiro atoms. The van der Waals surface area contributed by atoms with Gasteiger partial charge in [-0.15, -0.1) is 0 Å². The minimum absolute atomic E-state index is 0.170. The molecule has 0 N–H and O–H groups in total. The van der Waals surface area contributed by atoms with Crippen LogP contribution in [0.25, 0.3) is 0 Å². The highest BCUT2D eigenvalue weighted by atomic mass is 127. The quantitative estimate of drug-likeness (QED) is 0.558. The van der Waals surface area contributed by atoms with E-state index < -0.39 is 11.7 Å². The number of aryl methyl sites for hydroxylation is 1. The van der Waals surface area contributed by atoms with Crippen molar-refractivity contribution < 1.29 is 13.2 Å². The van der Waals surface area contributed by atoms with E-state index in [4.69, 9.17) is 11.6 Å². The van der Waals surface area contributed by atoms with Crippen LogP contribution in [0.5, 0.6) is 0 Å². The average molecular weight is 335 g/mol. The van der Waals surface area contributed by atoms with Gasteiger partial charge in [-0.1, -0.05) is 46.3 Å². The van der Waals surface area contributed by atoms with E-state index in [1.54, 1.807) is 6.07 Å². The van der Waals surface area contributed by atoms with Crippen molar-refractivity contribution in [2.24, 2.45) is 0 Å². The first-order valence-electron chi connectivity index (χ1n) is 3.87. The van der Waals surface area contributed by atoms with Crippen LogP contribution in [-0.4, -0.2) is 4.43 Å². The Morgan fingerprint density at radius 2 is 1.93 bits per heavy atom. The highest BCUT2D eigenvalue weighted by Gasteiger charge is 2.33.